The number of aryl methyl sites for hydroxylation is 1. The predicted molar refractivity (Wildman–Crippen MR) is 132 cm³/mol. The van der Waals surface area contributed by atoms with Gasteiger partial charge in [-0.25, -0.2) is 9.97 Å². The van der Waals surface area contributed by atoms with E-state index in [4.69, 9.17) is 14.5 Å². The van der Waals surface area contributed by atoms with Gasteiger partial charge in [0, 0.05) is 37.5 Å². The molecule has 3 aromatic heterocycles. The van der Waals surface area contributed by atoms with E-state index in [2.05, 4.69) is 32.3 Å². The van der Waals surface area contributed by atoms with Gasteiger partial charge >= 0.3 is 0 Å². The van der Waals surface area contributed by atoms with Crippen molar-refractivity contribution in [1.82, 2.24) is 24.4 Å². The van der Waals surface area contributed by atoms with E-state index >= 15 is 0 Å². The van der Waals surface area contributed by atoms with Crippen molar-refractivity contribution in [3.63, 3.8) is 0 Å². The third-order valence-electron chi connectivity index (χ3n) is 5.88. The summed E-state index contributed by atoms with van der Waals surface area (Å²) >= 11 is 0. The van der Waals surface area contributed by atoms with Crippen LogP contribution in [0.25, 0.3) is 5.82 Å². The molecule has 0 spiro atoms. The zero-order valence-corrected chi connectivity index (χ0v) is 19.8. The standard InChI is InChI=1S/C26H28N6O3/c1-18-14-32(17-28-18)25-22(34-2)12-21(13-27-25)29-24-9-8-20-15-31(10-11-33)16-23(35-26(20)30-24)19-6-4-3-5-7-19/h3-9,12-14,17,23,33H,10-11,15-16H2,1-2H3,(H,29,30). The molecule has 4 heterocycles. The topological polar surface area (TPSA) is 97.6 Å². The van der Waals surface area contributed by atoms with E-state index < -0.39 is 0 Å². The van der Waals surface area contributed by atoms with Crippen LogP contribution < -0.4 is 14.8 Å². The summed E-state index contributed by atoms with van der Waals surface area (Å²) in [6, 6.07) is 15.9. The SMILES string of the molecule is COc1cc(Nc2ccc3c(n2)OC(c2ccccc2)CN(CCO)C3)cnc1-n1cnc(C)c1. The number of aliphatic hydroxyl groups excluding tert-OH is 1. The van der Waals surface area contributed by atoms with Crippen molar-refractivity contribution < 1.29 is 14.6 Å². The molecule has 0 saturated heterocycles. The van der Waals surface area contributed by atoms with E-state index in [1.165, 1.54) is 0 Å². The number of imidazole rings is 1. The number of pyridine rings is 2. The van der Waals surface area contributed by atoms with Crippen LogP contribution in [0, 0.1) is 6.92 Å². The van der Waals surface area contributed by atoms with Crippen LogP contribution in [-0.4, -0.2) is 56.3 Å². The van der Waals surface area contributed by atoms with E-state index in [9.17, 15) is 5.11 Å². The summed E-state index contributed by atoms with van der Waals surface area (Å²) in [5.74, 6) is 2.49. The molecule has 4 aromatic rings. The monoisotopic (exact) mass is 472 g/mol. The first-order valence-corrected chi connectivity index (χ1v) is 11.5. The Balaban J connectivity index is 1.41. The summed E-state index contributed by atoms with van der Waals surface area (Å²) in [7, 11) is 1.62. The Hall–Kier alpha value is -3.95. The van der Waals surface area contributed by atoms with E-state index in [0.29, 0.717) is 42.9 Å². The molecule has 1 atom stereocenters. The molecule has 9 heteroatoms. The molecule has 9 nitrogen and oxygen atoms in total. The molecule has 0 radical (unpaired) electrons. The highest BCUT2D eigenvalue weighted by Gasteiger charge is 2.25. The van der Waals surface area contributed by atoms with Crippen molar-refractivity contribution in [3.8, 4) is 17.4 Å². The second-order valence-corrected chi connectivity index (χ2v) is 8.43. The van der Waals surface area contributed by atoms with Crippen LogP contribution in [0.15, 0.2) is 67.3 Å². The second kappa shape index (κ2) is 10.1. The molecule has 1 aromatic carbocycles. The number of rotatable bonds is 7. The number of hydrogen-bond acceptors (Lipinski definition) is 8. The zero-order chi connectivity index (χ0) is 24.2. The van der Waals surface area contributed by atoms with Crippen LogP contribution in [0.2, 0.25) is 0 Å². The first kappa shape index (κ1) is 22.8. The molecular formula is C26H28N6O3. The van der Waals surface area contributed by atoms with E-state index in [-0.39, 0.29) is 12.7 Å². The third kappa shape index (κ3) is 5.11. The highest BCUT2D eigenvalue weighted by molar-refractivity contribution is 5.60. The van der Waals surface area contributed by atoms with Gasteiger partial charge in [-0.2, -0.15) is 4.98 Å². The van der Waals surface area contributed by atoms with Gasteiger partial charge < -0.3 is 19.9 Å². The number of anilines is 2. The van der Waals surface area contributed by atoms with Crippen LogP contribution in [0.3, 0.4) is 0 Å². The van der Waals surface area contributed by atoms with Crippen LogP contribution >= 0.6 is 0 Å². The number of nitrogens with zero attached hydrogens (tertiary/aromatic N) is 5. The minimum Gasteiger partial charge on any atom is -0.493 e. The van der Waals surface area contributed by atoms with Gasteiger partial charge in [-0.15, -0.1) is 0 Å². The van der Waals surface area contributed by atoms with Crippen LogP contribution in [0.1, 0.15) is 22.9 Å². The van der Waals surface area contributed by atoms with Crippen molar-refractivity contribution >= 4 is 11.5 Å². The third-order valence-corrected chi connectivity index (χ3v) is 5.88. The second-order valence-electron chi connectivity index (χ2n) is 8.43. The Kier molecular flexibility index (Phi) is 6.60. The van der Waals surface area contributed by atoms with Crippen LogP contribution in [0.5, 0.6) is 11.6 Å². The molecular weight excluding hydrogens is 444 g/mol. The summed E-state index contributed by atoms with van der Waals surface area (Å²) in [5, 5.41) is 12.8. The highest BCUT2D eigenvalue weighted by atomic mass is 16.5. The number of benzene rings is 1. The Morgan fingerprint density at radius 1 is 1.17 bits per heavy atom. The lowest BCUT2D eigenvalue weighted by Gasteiger charge is -2.23. The molecule has 0 bridgehead atoms. The first-order valence-electron chi connectivity index (χ1n) is 11.5. The van der Waals surface area contributed by atoms with Crippen molar-refractivity contribution in [2.75, 3.05) is 32.1 Å². The Labute approximate surface area is 204 Å². The van der Waals surface area contributed by atoms with Gasteiger partial charge in [-0.05, 0) is 24.6 Å². The fraction of sp³-hybridized carbons (Fsp3) is 0.269. The Bertz CT molecular complexity index is 1290. The predicted octanol–water partition coefficient (Wildman–Crippen LogP) is 3.65. The number of fused-ring (bicyclic) bond motifs is 1. The average molecular weight is 473 g/mol. The van der Waals surface area contributed by atoms with Gasteiger partial charge in [0.05, 0.1) is 31.3 Å². The Morgan fingerprint density at radius 3 is 2.77 bits per heavy atom. The van der Waals surface area contributed by atoms with Crippen molar-refractivity contribution in [2.24, 2.45) is 0 Å². The van der Waals surface area contributed by atoms with Gasteiger partial charge in [0.15, 0.2) is 11.6 Å². The number of ether oxygens (including phenoxy) is 2. The van der Waals surface area contributed by atoms with E-state index in [1.54, 1.807) is 19.6 Å². The average Bonchev–Trinajstić information content (AvgIpc) is 3.22. The molecule has 35 heavy (non-hydrogen) atoms. The molecule has 5 rings (SSSR count). The summed E-state index contributed by atoms with van der Waals surface area (Å²) in [4.78, 5) is 15.8. The fourth-order valence-electron chi connectivity index (χ4n) is 4.16. The van der Waals surface area contributed by atoms with E-state index in [0.717, 1.165) is 22.5 Å². The number of nitrogens with one attached hydrogen (secondary N) is 1. The lowest BCUT2D eigenvalue weighted by Crippen LogP contribution is -2.30. The van der Waals surface area contributed by atoms with Crippen molar-refractivity contribution in [2.45, 2.75) is 19.6 Å². The van der Waals surface area contributed by atoms with Crippen LogP contribution in [0.4, 0.5) is 11.5 Å². The summed E-state index contributed by atoms with van der Waals surface area (Å²) in [6.07, 6.45) is 5.15. The summed E-state index contributed by atoms with van der Waals surface area (Å²) < 4.78 is 13.8. The molecule has 180 valence electrons. The molecule has 1 aliphatic heterocycles. The largest absolute Gasteiger partial charge is 0.493 e. The van der Waals surface area contributed by atoms with Gasteiger partial charge in [-0.3, -0.25) is 9.47 Å². The van der Waals surface area contributed by atoms with Gasteiger partial charge in [-0.1, -0.05) is 30.3 Å². The Morgan fingerprint density at radius 2 is 2.03 bits per heavy atom. The lowest BCUT2D eigenvalue weighted by atomic mass is 10.1. The molecule has 0 amide bonds. The smallest absolute Gasteiger partial charge is 0.220 e. The first-order chi connectivity index (χ1) is 17.1. The molecule has 0 aliphatic carbocycles. The molecule has 1 aliphatic rings. The number of aromatic nitrogens is 4. The van der Waals surface area contributed by atoms with E-state index in [1.807, 2.05) is 54.1 Å². The normalized spacial score (nSPS) is 15.7. The molecule has 0 saturated carbocycles. The minimum absolute atomic E-state index is 0.0907. The maximum atomic E-state index is 9.53. The van der Waals surface area contributed by atoms with Gasteiger partial charge in [0.1, 0.15) is 18.2 Å². The van der Waals surface area contributed by atoms with Crippen molar-refractivity contribution in [3.05, 3.63) is 84.1 Å². The van der Waals surface area contributed by atoms with Crippen LogP contribution in [-0.2, 0) is 6.54 Å². The number of hydrogen-bond donors (Lipinski definition) is 2. The van der Waals surface area contributed by atoms with Crippen molar-refractivity contribution in [1.29, 1.82) is 0 Å². The highest BCUT2D eigenvalue weighted by Crippen LogP contribution is 2.32. The maximum Gasteiger partial charge on any atom is 0.220 e. The van der Waals surface area contributed by atoms with Gasteiger partial charge in [0.2, 0.25) is 5.88 Å². The maximum absolute atomic E-state index is 9.53. The summed E-state index contributed by atoms with van der Waals surface area (Å²) in [6.45, 7) is 3.91. The quantitative estimate of drug-likeness (QED) is 0.421. The molecule has 2 N–H and O–H groups in total. The van der Waals surface area contributed by atoms with Gasteiger partial charge in [0.25, 0.3) is 0 Å². The number of aliphatic hydroxyl groups is 1. The lowest BCUT2D eigenvalue weighted by molar-refractivity contribution is 0.126. The number of methoxy groups -OCH3 is 1. The molecule has 0 fully saturated rings. The zero-order valence-electron chi connectivity index (χ0n) is 19.8. The fourth-order valence-corrected chi connectivity index (χ4v) is 4.16. The minimum atomic E-state index is -0.188. The number of β-amino-alcohol motifs (C(OH)–C–C–N with tert-alkyl or cyclic N) is 1. The summed E-state index contributed by atoms with van der Waals surface area (Å²) in [5.41, 5.74) is 3.69. The molecule has 1 unspecified atom stereocenters.